The Bertz CT molecular complexity index is 762. The molecule has 0 aliphatic heterocycles. The fourth-order valence-electron chi connectivity index (χ4n) is 1.93. The van der Waals surface area contributed by atoms with Gasteiger partial charge in [-0.15, -0.1) is 0 Å². The van der Waals surface area contributed by atoms with E-state index >= 15 is 0 Å². The molecule has 0 saturated heterocycles. The average molecular weight is 355 g/mol. The van der Waals surface area contributed by atoms with Crippen LogP contribution in [-0.2, 0) is 19.9 Å². The predicted octanol–water partition coefficient (Wildman–Crippen LogP) is 1.58. The number of ether oxygens (including phenoxy) is 1. The number of hydrogen-bond acceptors (Lipinski definition) is 6. The van der Waals surface area contributed by atoms with E-state index in [1.54, 1.807) is 38.4 Å². The zero-order chi connectivity index (χ0) is 18.7. The third kappa shape index (κ3) is 4.78. The van der Waals surface area contributed by atoms with Crippen LogP contribution >= 0.6 is 0 Å². The van der Waals surface area contributed by atoms with Crippen molar-refractivity contribution < 1.29 is 32.2 Å². The molecule has 0 spiro atoms. The lowest BCUT2D eigenvalue weighted by atomic mass is 10.0. The molecule has 0 bridgehead atoms. The van der Waals surface area contributed by atoms with Crippen LogP contribution in [-0.4, -0.2) is 33.2 Å². The standard InChI is InChI=1S/C15H14F3N4O3/c1-14(2,8-11(23)25-13(24)15(16,17)18)22-7-4-10(9-21-22)12-19-5-3-6-20-12/h3-7,9H,8H2,1-2H3/q+1. The van der Waals surface area contributed by atoms with Gasteiger partial charge in [0.15, 0.2) is 17.6 Å². The number of esters is 2. The molecule has 0 radical (unpaired) electrons. The molecular formula is C15H14F3N4O3+. The number of carbonyl (C=O) groups excluding carboxylic acids is 2. The molecule has 0 aliphatic rings. The Labute approximate surface area is 140 Å². The number of alkyl halides is 3. The minimum Gasteiger partial charge on any atom is -0.386 e. The van der Waals surface area contributed by atoms with Crippen LogP contribution in [0.15, 0.2) is 36.9 Å². The van der Waals surface area contributed by atoms with E-state index in [0.29, 0.717) is 11.4 Å². The lowest BCUT2D eigenvalue weighted by molar-refractivity contribution is -0.808. The Morgan fingerprint density at radius 3 is 2.36 bits per heavy atom. The number of nitrogens with zero attached hydrogens (tertiary/aromatic N) is 4. The Balaban J connectivity index is 2.09. The van der Waals surface area contributed by atoms with Crippen LogP contribution in [0.4, 0.5) is 13.2 Å². The summed E-state index contributed by atoms with van der Waals surface area (Å²) < 4.78 is 41.5. The summed E-state index contributed by atoms with van der Waals surface area (Å²) in [5.41, 5.74) is -0.388. The quantitative estimate of drug-likeness (QED) is 0.470. The van der Waals surface area contributed by atoms with Crippen LogP contribution in [0, 0.1) is 0 Å². The van der Waals surface area contributed by atoms with Crippen molar-refractivity contribution in [2.75, 3.05) is 0 Å². The zero-order valence-electron chi connectivity index (χ0n) is 13.3. The number of rotatable bonds is 4. The van der Waals surface area contributed by atoms with Gasteiger partial charge in [-0.2, -0.15) is 13.2 Å². The van der Waals surface area contributed by atoms with Gasteiger partial charge in [0, 0.05) is 37.9 Å². The highest BCUT2D eigenvalue weighted by atomic mass is 19.4. The summed E-state index contributed by atoms with van der Waals surface area (Å²) >= 11 is 0. The van der Waals surface area contributed by atoms with Crippen LogP contribution in [0.3, 0.4) is 0 Å². The first-order valence-electron chi connectivity index (χ1n) is 7.07. The second-order valence-corrected chi connectivity index (χ2v) is 5.68. The van der Waals surface area contributed by atoms with Crippen molar-refractivity contribution >= 4 is 11.9 Å². The number of aromatic nitrogens is 4. The van der Waals surface area contributed by atoms with Gasteiger partial charge in [0.1, 0.15) is 12.6 Å². The fraction of sp³-hybridized carbons (Fsp3) is 0.333. The van der Waals surface area contributed by atoms with E-state index in [1.165, 1.54) is 17.1 Å². The first-order valence-corrected chi connectivity index (χ1v) is 7.07. The van der Waals surface area contributed by atoms with E-state index in [4.69, 9.17) is 0 Å². The van der Waals surface area contributed by atoms with Gasteiger partial charge in [-0.1, -0.05) is 4.68 Å². The van der Waals surface area contributed by atoms with Crippen LogP contribution in [0.2, 0.25) is 0 Å². The van der Waals surface area contributed by atoms with Crippen molar-refractivity contribution in [2.24, 2.45) is 0 Å². The molecule has 0 fully saturated rings. The van der Waals surface area contributed by atoms with Gasteiger partial charge in [-0.25, -0.2) is 14.8 Å². The molecule has 0 aromatic carbocycles. The van der Waals surface area contributed by atoms with E-state index in [1.807, 2.05) is 0 Å². The second-order valence-electron chi connectivity index (χ2n) is 5.68. The number of carbonyl (C=O) groups is 2. The molecule has 0 N–H and O–H groups in total. The second kappa shape index (κ2) is 6.91. The van der Waals surface area contributed by atoms with Crippen molar-refractivity contribution in [2.45, 2.75) is 32.0 Å². The Hall–Kier alpha value is -2.91. The molecule has 2 heterocycles. The van der Waals surface area contributed by atoms with Crippen molar-refractivity contribution in [3.8, 4) is 11.4 Å². The molecule has 2 rings (SSSR count). The number of hydrogen-bond donors (Lipinski definition) is 0. The summed E-state index contributed by atoms with van der Waals surface area (Å²) in [5, 5.41) is 4.13. The molecule has 0 saturated carbocycles. The van der Waals surface area contributed by atoms with Gasteiger partial charge >= 0.3 is 18.1 Å². The summed E-state index contributed by atoms with van der Waals surface area (Å²) in [5.74, 6) is -3.38. The van der Waals surface area contributed by atoms with Crippen molar-refractivity contribution in [1.29, 1.82) is 0 Å². The summed E-state index contributed by atoms with van der Waals surface area (Å²) in [7, 11) is 0. The molecule has 10 heteroatoms. The summed E-state index contributed by atoms with van der Waals surface area (Å²) in [6.45, 7) is 3.13. The van der Waals surface area contributed by atoms with Crippen LogP contribution in [0.1, 0.15) is 20.3 Å². The monoisotopic (exact) mass is 355 g/mol. The van der Waals surface area contributed by atoms with Gasteiger partial charge in [0.25, 0.3) is 0 Å². The largest absolute Gasteiger partial charge is 0.491 e. The number of halogens is 3. The van der Waals surface area contributed by atoms with E-state index in [0.717, 1.165) is 0 Å². The van der Waals surface area contributed by atoms with Gasteiger partial charge in [-0.3, -0.25) is 4.79 Å². The predicted molar refractivity (Wildman–Crippen MR) is 76.6 cm³/mol. The summed E-state index contributed by atoms with van der Waals surface area (Å²) in [6.07, 6.45) is 0.437. The highest BCUT2D eigenvalue weighted by molar-refractivity contribution is 5.88. The Morgan fingerprint density at radius 1 is 1.20 bits per heavy atom. The fourth-order valence-corrected chi connectivity index (χ4v) is 1.93. The van der Waals surface area contributed by atoms with Gasteiger partial charge in [0.2, 0.25) is 0 Å². The molecule has 7 nitrogen and oxygen atoms in total. The molecule has 0 unspecified atom stereocenters. The molecule has 0 amide bonds. The Morgan fingerprint density at radius 2 is 1.84 bits per heavy atom. The van der Waals surface area contributed by atoms with E-state index in [9.17, 15) is 22.8 Å². The van der Waals surface area contributed by atoms with E-state index in [-0.39, 0.29) is 0 Å². The lowest BCUT2D eigenvalue weighted by Gasteiger charge is -2.16. The lowest BCUT2D eigenvalue weighted by Crippen LogP contribution is -2.56. The Kier molecular flexibility index (Phi) is 5.10. The molecule has 0 atom stereocenters. The van der Waals surface area contributed by atoms with Gasteiger partial charge in [-0.05, 0) is 11.2 Å². The maximum atomic E-state index is 12.1. The summed E-state index contributed by atoms with van der Waals surface area (Å²) in [4.78, 5) is 30.4. The highest BCUT2D eigenvalue weighted by Gasteiger charge is 2.44. The zero-order valence-corrected chi connectivity index (χ0v) is 13.3. The maximum Gasteiger partial charge on any atom is 0.491 e. The maximum absolute atomic E-state index is 12.1. The minimum absolute atomic E-state index is 0.454. The molecular weight excluding hydrogens is 341 g/mol. The first-order chi connectivity index (χ1) is 11.6. The molecule has 2 aromatic rings. The first kappa shape index (κ1) is 18.4. The molecule has 2 aromatic heterocycles. The van der Waals surface area contributed by atoms with Crippen LogP contribution in [0.5, 0.6) is 0 Å². The highest BCUT2D eigenvalue weighted by Crippen LogP contribution is 2.19. The smallest absolute Gasteiger partial charge is 0.386 e. The van der Waals surface area contributed by atoms with E-state index < -0.39 is 30.1 Å². The molecule has 25 heavy (non-hydrogen) atoms. The van der Waals surface area contributed by atoms with Gasteiger partial charge in [0.05, 0.1) is 0 Å². The summed E-state index contributed by atoms with van der Waals surface area (Å²) in [6, 6.07) is 3.31. The van der Waals surface area contributed by atoms with Gasteiger partial charge < -0.3 is 4.74 Å². The van der Waals surface area contributed by atoms with E-state index in [2.05, 4.69) is 19.8 Å². The topological polar surface area (TPSA) is 85.9 Å². The van der Waals surface area contributed by atoms with Crippen LogP contribution in [0.25, 0.3) is 11.4 Å². The van der Waals surface area contributed by atoms with Crippen LogP contribution < -0.4 is 4.68 Å². The molecule has 132 valence electrons. The third-order valence-corrected chi connectivity index (χ3v) is 3.18. The van der Waals surface area contributed by atoms with Crippen molar-refractivity contribution in [3.05, 3.63) is 36.9 Å². The SMILES string of the molecule is CC(C)(CC(=O)OC(=O)C(F)(F)F)[n+]1ccc(-c2ncccn2)cn1. The molecule has 0 aliphatic carbocycles. The average Bonchev–Trinajstić information content (AvgIpc) is 2.54. The third-order valence-electron chi connectivity index (χ3n) is 3.18. The normalized spacial score (nSPS) is 11.9. The van der Waals surface area contributed by atoms with Crippen molar-refractivity contribution in [1.82, 2.24) is 15.1 Å². The van der Waals surface area contributed by atoms with Crippen molar-refractivity contribution in [3.63, 3.8) is 0 Å². The minimum atomic E-state index is -5.22.